The first-order valence-electron chi connectivity index (χ1n) is 11.0. The molecule has 0 bridgehead atoms. The number of nitrogens with zero attached hydrogens (tertiary/aromatic N) is 4. The molecule has 1 fully saturated rings. The lowest BCUT2D eigenvalue weighted by Crippen LogP contribution is -2.32. The molecule has 3 aromatic rings. The van der Waals surface area contributed by atoms with Crippen molar-refractivity contribution in [2.75, 3.05) is 19.7 Å². The van der Waals surface area contributed by atoms with Gasteiger partial charge in [0.1, 0.15) is 5.75 Å². The van der Waals surface area contributed by atoms with E-state index in [1.54, 1.807) is 0 Å². The Bertz CT molecular complexity index is 988. The second kappa shape index (κ2) is 10.0. The average Bonchev–Trinajstić information content (AvgIpc) is 3.11. The molecule has 4 rings (SSSR count). The van der Waals surface area contributed by atoms with Crippen molar-refractivity contribution in [3.63, 3.8) is 0 Å². The first kappa shape index (κ1) is 20.8. The topological polar surface area (TPSA) is 35.2 Å². The third-order valence-electron chi connectivity index (χ3n) is 5.52. The fraction of sp³-hybridized carbons (Fsp3) is 0.417. The highest BCUT2D eigenvalue weighted by atomic mass is 32.1. The van der Waals surface area contributed by atoms with Gasteiger partial charge in [-0.3, -0.25) is 9.47 Å². The van der Waals surface area contributed by atoms with Crippen LogP contribution in [0.3, 0.4) is 0 Å². The Kier molecular flexibility index (Phi) is 6.97. The number of unbranched alkanes of at least 4 members (excludes halogenated alkanes) is 1. The standard InChI is InChI=1S/C24H30N4OS/c1-2-3-18-29-22-14-12-20(13-15-22)23-25-27(19-26-16-8-5-9-17-26)24(30)28(23)21-10-6-4-7-11-21/h4,6-7,10-15H,2-3,5,8-9,16-19H2,1H3. The molecule has 5 nitrogen and oxygen atoms in total. The van der Waals surface area contributed by atoms with Crippen LogP contribution in [0.5, 0.6) is 5.75 Å². The molecule has 30 heavy (non-hydrogen) atoms. The number of piperidine rings is 1. The summed E-state index contributed by atoms with van der Waals surface area (Å²) in [5, 5.41) is 4.95. The fourth-order valence-corrected chi connectivity index (χ4v) is 4.11. The molecule has 1 saturated heterocycles. The van der Waals surface area contributed by atoms with E-state index in [0.717, 1.165) is 66.8 Å². The number of para-hydroxylation sites is 1. The number of aromatic nitrogens is 3. The molecular weight excluding hydrogens is 392 g/mol. The predicted octanol–water partition coefficient (Wildman–Crippen LogP) is 5.69. The van der Waals surface area contributed by atoms with E-state index in [1.807, 2.05) is 35.0 Å². The highest BCUT2D eigenvalue weighted by Gasteiger charge is 2.17. The first-order chi connectivity index (χ1) is 14.8. The number of ether oxygens (including phenoxy) is 1. The summed E-state index contributed by atoms with van der Waals surface area (Å²) in [6.07, 6.45) is 6.01. The maximum absolute atomic E-state index is 5.87. The third kappa shape index (κ3) is 4.82. The van der Waals surface area contributed by atoms with Crippen molar-refractivity contribution in [3.05, 3.63) is 59.4 Å². The highest BCUT2D eigenvalue weighted by Crippen LogP contribution is 2.25. The van der Waals surface area contributed by atoms with Crippen LogP contribution in [0.4, 0.5) is 0 Å². The number of hydrogen-bond acceptors (Lipinski definition) is 4. The van der Waals surface area contributed by atoms with Crippen LogP contribution in [0.25, 0.3) is 17.1 Å². The molecule has 0 unspecified atom stereocenters. The molecule has 0 atom stereocenters. The van der Waals surface area contributed by atoms with Gasteiger partial charge in [-0.2, -0.15) is 0 Å². The van der Waals surface area contributed by atoms with Gasteiger partial charge in [0.05, 0.1) is 13.3 Å². The van der Waals surface area contributed by atoms with Crippen LogP contribution >= 0.6 is 12.2 Å². The summed E-state index contributed by atoms with van der Waals surface area (Å²) in [5.41, 5.74) is 2.07. The summed E-state index contributed by atoms with van der Waals surface area (Å²) in [6, 6.07) is 18.4. The summed E-state index contributed by atoms with van der Waals surface area (Å²) < 4.78 is 10.6. The number of rotatable bonds is 8. The van der Waals surface area contributed by atoms with Crippen LogP contribution in [-0.4, -0.2) is 38.9 Å². The van der Waals surface area contributed by atoms with Gasteiger partial charge < -0.3 is 4.74 Å². The molecule has 0 radical (unpaired) electrons. The van der Waals surface area contributed by atoms with E-state index in [9.17, 15) is 0 Å². The smallest absolute Gasteiger partial charge is 0.204 e. The lowest BCUT2D eigenvalue weighted by atomic mass is 10.1. The van der Waals surface area contributed by atoms with Gasteiger partial charge in [-0.05, 0) is 81.0 Å². The van der Waals surface area contributed by atoms with Crippen LogP contribution in [0.2, 0.25) is 0 Å². The number of likely N-dealkylation sites (tertiary alicyclic amines) is 1. The molecule has 158 valence electrons. The van der Waals surface area contributed by atoms with E-state index in [2.05, 4.69) is 40.7 Å². The van der Waals surface area contributed by atoms with Crippen LogP contribution in [0, 0.1) is 4.77 Å². The minimum absolute atomic E-state index is 0.727. The Morgan fingerprint density at radius 2 is 1.70 bits per heavy atom. The molecular formula is C24H30N4OS. The Morgan fingerprint density at radius 3 is 2.40 bits per heavy atom. The zero-order chi connectivity index (χ0) is 20.8. The number of benzene rings is 2. The first-order valence-corrected chi connectivity index (χ1v) is 11.4. The molecule has 2 aromatic carbocycles. The maximum atomic E-state index is 5.87. The van der Waals surface area contributed by atoms with Crippen molar-refractivity contribution in [1.29, 1.82) is 0 Å². The normalized spacial score (nSPS) is 14.7. The molecule has 6 heteroatoms. The molecule has 2 heterocycles. The average molecular weight is 423 g/mol. The molecule has 0 saturated carbocycles. The zero-order valence-electron chi connectivity index (χ0n) is 17.7. The monoisotopic (exact) mass is 422 g/mol. The van der Waals surface area contributed by atoms with E-state index in [0.29, 0.717) is 0 Å². The Labute approximate surface area is 183 Å². The van der Waals surface area contributed by atoms with Crippen molar-refractivity contribution in [2.24, 2.45) is 0 Å². The summed E-state index contributed by atoms with van der Waals surface area (Å²) >= 11 is 5.87. The van der Waals surface area contributed by atoms with Crippen molar-refractivity contribution in [2.45, 2.75) is 45.7 Å². The molecule has 0 spiro atoms. The summed E-state index contributed by atoms with van der Waals surface area (Å²) in [5.74, 6) is 1.76. The Morgan fingerprint density at radius 1 is 0.967 bits per heavy atom. The van der Waals surface area contributed by atoms with Crippen molar-refractivity contribution in [3.8, 4) is 22.8 Å². The largest absolute Gasteiger partial charge is 0.494 e. The lowest BCUT2D eigenvalue weighted by molar-refractivity contribution is 0.172. The summed E-state index contributed by atoms with van der Waals surface area (Å²) in [6.45, 7) is 5.88. The van der Waals surface area contributed by atoms with E-state index in [4.69, 9.17) is 22.1 Å². The van der Waals surface area contributed by atoms with Gasteiger partial charge in [0.2, 0.25) is 4.77 Å². The third-order valence-corrected chi connectivity index (χ3v) is 5.91. The van der Waals surface area contributed by atoms with Gasteiger partial charge in [0.25, 0.3) is 0 Å². The van der Waals surface area contributed by atoms with Gasteiger partial charge in [-0.25, -0.2) is 4.68 Å². The molecule has 1 aliphatic heterocycles. The molecule has 0 N–H and O–H groups in total. The SMILES string of the molecule is CCCCOc1ccc(-c2nn(CN3CCCCC3)c(=S)n2-c2ccccc2)cc1. The van der Waals surface area contributed by atoms with Crippen LogP contribution in [-0.2, 0) is 6.67 Å². The van der Waals surface area contributed by atoms with Crippen LogP contribution < -0.4 is 4.74 Å². The van der Waals surface area contributed by atoms with Crippen LogP contribution in [0.1, 0.15) is 39.0 Å². The maximum Gasteiger partial charge on any atom is 0.204 e. The lowest BCUT2D eigenvalue weighted by Gasteiger charge is -2.25. The molecule has 0 aliphatic carbocycles. The van der Waals surface area contributed by atoms with E-state index in [-0.39, 0.29) is 0 Å². The summed E-state index contributed by atoms with van der Waals surface area (Å²) in [7, 11) is 0. The van der Waals surface area contributed by atoms with Crippen molar-refractivity contribution >= 4 is 12.2 Å². The van der Waals surface area contributed by atoms with Gasteiger partial charge in [-0.15, -0.1) is 5.10 Å². The second-order valence-corrected chi connectivity index (χ2v) is 8.19. The van der Waals surface area contributed by atoms with Gasteiger partial charge in [0.15, 0.2) is 5.82 Å². The number of hydrogen-bond donors (Lipinski definition) is 0. The van der Waals surface area contributed by atoms with Gasteiger partial charge in [0, 0.05) is 11.3 Å². The molecule has 1 aromatic heterocycles. The highest BCUT2D eigenvalue weighted by molar-refractivity contribution is 7.71. The Hall–Kier alpha value is -2.44. The van der Waals surface area contributed by atoms with E-state index < -0.39 is 0 Å². The van der Waals surface area contributed by atoms with Gasteiger partial charge >= 0.3 is 0 Å². The zero-order valence-corrected chi connectivity index (χ0v) is 18.5. The fourth-order valence-electron chi connectivity index (χ4n) is 3.82. The van der Waals surface area contributed by atoms with Crippen LogP contribution in [0.15, 0.2) is 54.6 Å². The minimum Gasteiger partial charge on any atom is -0.494 e. The molecule has 0 amide bonds. The van der Waals surface area contributed by atoms with Crippen molar-refractivity contribution < 1.29 is 4.74 Å². The van der Waals surface area contributed by atoms with E-state index >= 15 is 0 Å². The minimum atomic E-state index is 0.727. The van der Waals surface area contributed by atoms with Gasteiger partial charge in [-0.1, -0.05) is 38.0 Å². The predicted molar refractivity (Wildman–Crippen MR) is 124 cm³/mol. The van der Waals surface area contributed by atoms with E-state index in [1.165, 1.54) is 19.3 Å². The van der Waals surface area contributed by atoms with Crippen molar-refractivity contribution in [1.82, 2.24) is 19.2 Å². The second-order valence-electron chi connectivity index (χ2n) is 7.82. The quantitative estimate of drug-likeness (QED) is 0.345. The summed E-state index contributed by atoms with van der Waals surface area (Å²) in [4.78, 5) is 2.44. The molecule has 1 aliphatic rings. The Balaban J connectivity index is 1.67.